The van der Waals surface area contributed by atoms with Crippen molar-refractivity contribution < 1.29 is 9.30 Å². The predicted molar refractivity (Wildman–Crippen MR) is 272 cm³/mol. The molecule has 66 heavy (non-hydrogen) atoms. The molecule has 332 valence electrons. The number of nitrogens with zero attached hydrogens (tertiary/aromatic N) is 4. The highest BCUT2D eigenvalue weighted by Gasteiger charge is 2.54. The predicted octanol–water partition coefficient (Wildman–Crippen LogP) is 14.7. The van der Waals surface area contributed by atoms with Crippen LogP contribution < -0.4 is 9.30 Å². The highest BCUT2D eigenvalue weighted by atomic mass is 16.5. The van der Waals surface area contributed by atoms with Gasteiger partial charge in [-0.2, -0.15) is 0 Å². The van der Waals surface area contributed by atoms with Crippen LogP contribution in [0, 0.1) is 13.3 Å². The number of fused-ring (bicyclic) bond motifs is 12. The smallest absolute Gasteiger partial charge is 0.244 e. The molecule has 1 aliphatic carbocycles. The SMILES string of the molecule is Cc1cccc(-n2c3ccccc3c3ccc(Oc4ccc5c(c4)-n4[c-][n+](C)c6cccc(c64)C54c5c(cc(C(C)(C)C)cc5C(C)(C)C)-c5cc(C(C)(C)C)cc(C(C)(C)C)c54)cc32)n1. The summed E-state index contributed by atoms with van der Waals surface area (Å²) in [5.41, 5.74) is 19.0. The van der Waals surface area contributed by atoms with E-state index >= 15 is 0 Å². The normalized spacial score (nSPS) is 14.3. The quantitative estimate of drug-likeness (QED) is 0.131. The molecule has 0 N–H and O–H groups in total. The Morgan fingerprint density at radius 1 is 0.561 bits per heavy atom. The number of ether oxygens (including phenoxy) is 1. The fourth-order valence-electron chi connectivity index (χ4n) is 11.3. The Labute approximate surface area is 390 Å². The van der Waals surface area contributed by atoms with Gasteiger partial charge in [0.25, 0.3) is 0 Å². The van der Waals surface area contributed by atoms with Crippen molar-refractivity contribution in [3.05, 3.63) is 178 Å². The zero-order valence-electron chi connectivity index (χ0n) is 41.2. The number of benzene rings is 6. The summed E-state index contributed by atoms with van der Waals surface area (Å²) >= 11 is 0. The first-order chi connectivity index (χ1) is 31.1. The van der Waals surface area contributed by atoms with Crippen LogP contribution in [0.25, 0.3) is 55.5 Å². The molecule has 0 bridgehead atoms. The third-order valence-corrected chi connectivity index (χ3v) is 14.5. The van der Waals surface area contributed by atoms with Crippen molar-refractivity contribution >= 4 is 32.8 Å². The van der Waals surface area contributed by atoms with Gasteiger partial charge in [0.15, 0.2) is 0 Å². The molecule has 0 unspecified atom stereocenters. The van der Waals surface area contributed by atoms with Crippen molar-refractivity contribution in [2.75, 3.05) is 0 Å². The van der Waals surface area contributed by atoms with Crippen molar-refractivity contribution in [3.63, 3.8) is 0 Å². The molecule has 4 heterocycles. The fourth-order valence-corrected chi connectivity index (χ4v) is 11.3. The average molecular weight is 867 g/mol. The van der Waals surface area contributed by atoms with E-state index in [2.05, 4.69) is 225 Å². The fraction of sp³-hybridized carbons (Fsp3) is 0.311. The molecule has 5 heteroatoms. The molecule has 0 saturated heterocycles. The minimum Gasteiger partial charge on any atom is -0.458 e. The number of rotatable bonds is 3. The van der Waals surface area contributed by atoms with Crippen LogP contribution in [-0.2, 0) is 34.1 Å². The maximum Gasteiger partial charge on any atom is 0.244 e. The van der Waals surface area contributed by atoms with E-state index in [4.69, 9.17) is 9.72 Å². The molecule has 11 rings (SSSR count). The molecule has 0 saturated carbocycles. The van der Waals surface area contributed by atoms with Crippen molar-refractivity contribution in [2.24, 2.45) is 7.05 Å². The Hall–Kier alpha value is -6.46. The van der Waals surface area contributed by atoms with Gasteiger partial charge in [-0.3, -0.25) is 4.57 Å². The summed E-state index contributed by atoms with van der Waals surface area (Å²) in [6.07, 6.45) is 3.78. The zero-order chi connectivity index (χ0) is 46.6. The first-order valence-corrected chi connectivity index (χ1v) is 23.7. The van der Waals surface area contributed by atoms with Crippen LogP contribution >= 0.6 is 0 Å². The Balaban J connectivity index is 1.22. The van der Waals surface area contributed by atoms with Crippen molar-refractivity contribution in [1.29, 1.82) is 0 Å². The number of hydrogen-bond donors (Lipinski definition) is 0. The molecular weight excluding hydrogens is 805 g/mol. The molecule has 5 nitrogen and oxygen atoms in total. The zero-order valence-corrected chi connectivity index (χ0v) is 41.2. The summed E-state index contributed by atoms with van der Waals surface area (Å²) in [6, 6.07) is 45.2. The lowest BCUT2D eigenvalue weighted by atomic mass is 9.60. The lowest BCUT2D eigenvalue weighted by Gasteiger charge is -2.45. The lowest BCUT2D eigenvalue weighted by molar-refractivity contribution is -0.649. The topological polar surface area (TPSA) is 35.9 Å². The third kappa shape index (κ3) is 6.04. The van der Waals surface area contributed by atoms with Gasteiger partial charge in [-0.1, -0.05) is 156 Å². The van der Waals surface area contributed by atoms with Gasteiger partial charge in [-0.05, 0) is 127 Å². The van der Waals surface area contributed by atoms with E-state index in [1.807, 2.05) is 13.0 Å². The maximum absolute atomic E-state index is 7.04. The number of hydrogen-bond acceptors (Lipinski definition) is 2. The first-order valence-electron chi connectivity index (χ1n) is 23.7. The highest BCUT2D eigenvalue weighted by molar-refractivity contribution is 6.09. The van der Waals surface area contributed by atoms with Crippen LogP contribution in [0.15, 0.2) is 121 Å². The van der Waals surface area contributed by atoms with E-state index in [1.165, 1.54) is 66.5 Å². The van der Waals surface area contributed by atoms with Gasteiger partial charge >= 0.3 is 0 Å². The van der Waals surface area contributed by atoms with Crippen LogP contribution in [0.5, 0.6) is 11.5 Å². The van der Waals surface area contributed by atoms with E-state index in [0.717, 1.165) is 50.6 Å². The summed E-state index contributed by atoms with van der Waals surface area (Å²) in [6.45, 7) is 30.6. The molecule has 6 aromatic carbocycles. The summed E-state index contributed by atoms with van der Waals surface area (Å²) in [5, 5.41) is 2.35. The second-order valence-corrected chi connectivity index (χ2v) is 23.3. The van der Waals surface area contributed by atoms with Gasteiger partial charge in [-0.25, -0.2) is 4.98 Å². The summed E-state index contributed by atoms with van der Waals surface area (Å²) in [4.78, 5) is 4.97. The van der Waals surface area contributed by atoms with Crippen LogP contribution in [0.2, 0.25) is 0 Å². The minimum atomic E-state index is -0.647. The number of imidazole rings is 1. The summed E-state index contributed by atoms with van der Waals surface area (Å²) in [7, 11) is 2.13. The van der Waals surface area contributed by atoms with Gasteiger partial charge in [0.1, 0.15) is 17.3 Å². The molecule has 0 atom stereocenters. The first kappa shape index (κ1) is 42.2. The lowest BCUT2D eigenvalue weighted by Crippen LogP contribution is -2.38. The molecule has 9 aromatic rings. The summed E-state index contributed by atoms with van der Waals surface area (Å²) < 4.78 is 13.8. The molecule has 0 radical (unpaired) electrons. The molecule has 1 spiro atoms. The molecule has 2 aliphatic rings. The van der Waals surface area contributed by atoms with Crippen LogP contribution in [0.4, 0.5) is 0 Å². The third-order valence-electron chi connectivity index (χ3n) is 14.5. The number of pyridine rings is 1. The van der Waals surface area contributed by atoms with Gasteiger partial charge in [-0.15, -0.1) is 0 Å². The van der Waals surface area contributed by atoms with Crippen molar-refractivity contribution in [1.82, 2.24) is 14.1 Å². The molecular formula is C61H62N4O. The molecule has 1 aliphatic heterocycles. The monoisotopic (exact) mass is 866 g/mol. The largest absolute Gasteiger partial charge is 0.458 e. The van der Waals surface area contributed by atoms with Crippen LogP contribution in [0.1, 0.15) is 133 Å². The maximum atomic E-state index is 7.04. The molecule has 3 aromatic heterocycles. The van der Waals surface area contributed by atoms with E-state index in [9.17, 15) is 0 Å². The van der Waals surface area contributed by atoms with Crippen LogP contribution in [0.3, 0.4) is 0 Å². The molecule has 0 fully saturated rings. The average Bonchev–Trinajstić information content (AvgIpc) is 3.87. The van der Waals surface area contributed by atoms with Crippen molar-refractivity contribution in [2.45, 2.75) is 117 Å². The van der Waals surface area contributed by atoms with E-state index in [-0.39, 0.29) is 21.7 Å². The Morgan fingerprint density at radius 3 is 1.77 bits per heavy atom. The second-order valence-electron chi connectivity index (χ2n) is 23.3. The number of para-hydroxylation sites is 2. The van der Waals surface area contributed by atoms with Gasteiger partial charge in [0, 0.05) is 22.5 Å². The Morgan fingerprint density at radius 2 is 1.15 bits per heavy atom. The van der Waals surface area contributed by atoms with Gasteiger partial charge < -0.3 is 13.9 Å². The second kappa shape index (κ2) is 13.8. The Bertz CT molecular complexity index is 3430. The van der Waals surface area contributed by atoms with Crippen LogP contribution in [-0.4, -0.2) is 14.1 Å². The van der Waals surface area contributed by atoms with E-state index in [1.54, 1.807) is 0 Å². The summed E-state index contributed by atoms with van der Waals surface area (Å²) in [5.74, 6) is 2.43. The van der Waals surface area contributed by atoms with E-state index < -0.39 is 5.41 Å². The number of aromatic nitrogens is 4. The minimum absolute atomic E-state index is 0.0541. The van der Waals surface area contributed by atoms with Gasteiger partial charge in [0.05, 0.1) is 40.2 Å². The van der Waals surface area contributed by atoms with E-state index in [0.29, 0.717) is 0 Å². The van der Waals surface area contributed by atoms with Gasteiger partial charge in [0.2, 0.25) is 6.33 Å². The number of aryl methyl sites for hydroxylation is 2. The highest BCUT2D eigenvalue weighted by Crippen LogP contribution is 2.65. The standard InChI is InChI=1S/C61H62N4O/c1-36-19-17-24-53(62-36)65-49-22-16-15-20-41(49)42-27-25-39(33-51(42)65)66-40-26-28-45-52(34-40)64-35-63(14)50-23-18-21-46(56(50)64)61(45)54-43(29-37(57(2,3)4)31-47(54)59(8,9)10)44-30-38(58(5,6)7)32-48(55(44)61)60(11,12)13/h15-34H,1-14H3. The molecule has 0 amide bonds. The van der Waals surface area contributed by atoms with Crippen molar-refractivity contribution in [3.8, 4) is 34.1 Å². The Kier molecular flexibility index (Phi) is 8.82.